The van der Waals surface area contributed by atoms with Gasteiger partial charge in [0.25, 0.3) is 0 Å². The number of hydrogen-bond acceptors (Lipinski definition) is 6. The minimum Gasteiger partial charge on any atom is -0.453 e. The van der Waals surface area contributed by atoms with Crippen molar-refractivity contribution in [3.05, 3.63) is 53.3 Å². The average Bonchev–Trinajstić information content (AvgIpc) is 3.29. The lowest BCUT2D eigenvalue weighted by Crippen LogP contribution is -2.49. The first kappa shape index (κ1) is 23.1. The van der Waals surface area contributed by atoms with Crippen LogP contribution in [-0.2, 0) is 28.9 Å². The topological polar surface area (TPSA) is 83.8 Å². The number of ether oxygens (including phenoxy) is 1. The van der Waals surface area contributed by atoms with E-state index in [1.165, 1.54) is 18.2 Å². The fraction of sp³-hybridized carbons (Fsp3) is 0.462. The number of piperazine rings is 1. The summed E-state index contributed by atoms with van der Waals surface area (Å²) in [6.45, 7) is 7.81. The number of hydrogen-bond donors (Lipinski definition) is 0. The molecule has 0 saturated carbocycles. The van der Waals surface area contributed by atoms with Crippen molar-refractivity contribution in [1.29, 1.82) is 0 Å². The van der Waals surface area contributed by atoms with Crippen molar-refractivity contribution in [3.8, 4) is 0 Å². The van der Waals surface area contributed by atoms with E-state index in [-0.39, 0.29) is 18.0 Å². The van der Waals surface area contributed by atoms with Crippen LogP contribution in [-0.4, -0.2) is 76.2 Å². The van der Waals surface area contributed by atoms with Crippen LogP contribution in [0.3, 0.4) is 0 Å². The van der Waals surface area contributed by atoms with Gasteiger partial charge in [0, 0.05) is 63.6 Å². The molecular weight excluding hydrogens is 444 g/mol. The molecule has 4 heterocycles. The number of carbonyl (C=O) groups excluding carboxylic acids is 2. The minimum atomic E-state index is -0.308. The van der Waals surface area contributed by atoms with Crippen molar-refractivity contribution in [1.82, 2.24) is 24.3 Å². The lowest BCUT2D eigenvalue weighted by atomic mass is 9.98. The van der Waals surface area contributed by atoms with Gasteiger partial charge < -0.3 is 24.0 Å². The minimum absolute atomic E-state index is 0.111. The molecule has 2 amide bonds. The molecule has 9 nitrogen and oxygen atoms in total. The molecule has 5 rings (SSSR count). The van der Waals surface area contributed by atoms with E-state index in [9.17, 15) is 9.59 Å². The average molecular weight is 477 g/mol. The van der Waals surface area contributed by atoms with Gasteiger partial charge in [0.1, 0.15) is 0 Å². The Bertz CT molecular complexity index is 1230. The third kappa shape index (κ3) is 4.42. The molecule has 0 spiro atoms. The molecule has 2 aliphatic heterocycles. The SMILES string of the molecule is COC(=O)N1CCc2ccc3c(nc(N4CCN(C(C)=O)CC4)n3[C@@H](C)Cc3cccnc3)c2C1. The Kier molecular flexibility index (Phi) is 6.32. The molecule has 1 saturated heterocycles. The molecule has 2 aliphatic rings. The second-order valence-corrected chi connectivity index (χ2v) is 9.40. The summed E-state index contributed by atoms with van der Waals surface area (Å²) >= 11 is 0. The van der Waals surface area contributed by atoms with E-state index >= 15 is 0 Å². The van der Waals surface area contributed by atoms with Crippen LogP contribution in [0.4, 0.5) is 10.7 Å². The van der Waals surface area contributed by atoms with E-state index in [0.29, 0.717) is 26.2 Å². The number of amides is 2. The van der Waals surface area contributed by atoms with Gasteiger partial charge in [-0.05, 0) is 43.0 Å². The number of carbonyl (C=O) groups is 2. The van der Waals surface area contributed by atoms with Crippen LogP contribution in [0.5, 0.6) is 0 Å². The number of aromatic nitrogens is 3. The highest BCUT2D eigenvalue weighted by Crippen LogP contribution is 2.34. The molecular formula is C26H32N6O3. The first-order valence-corrected chi connectivity index (χ1v) is 12.2. The largest absolute Gasteiger partial charge is 0.453 e. The van der Waals surface area contributed by atoms with E-state index in [1.54, 1.807) is 18.0 Å². The van der Waals surface area contributed by atoms with E-state index in [4.69, 9.17) is 9.72 Å². The van der Waals surface area contributed by atoms with Gasteiger partial charge in [0.2, 0.25) is 11.9 Å². The third-order valence-electron chi connectivity index (χ3n) is 7.18. The molecule has 184 valence electrons. The Hall–Kier alpha value is -3.62. The van der Waals surface area contributed by atoms with E-state index < -0.39 is 0 Å². The van der Waals surface area contributed by atoms with Crippen LogP contribution < -0.4 is 4.90 Å². The first-order valence-electron chi connectivity index (χ1n) is 12.2. The molecule has 1 aromatic carbocycles. The van der Waals surface area contributed by atoms with E-state index in [1.807, 2.05) is 17.2 Å². The lowest BCUT2D eigenvalue weighted by molar-refractivity contribution is -0.129. The highest BCUT2D eigenvalue weighted by molar-refractivity contribution is 5.85. The number of anilines is 1. The highest BCUT2D eigenvalue weighted by Gasteiger charge is 2.29. The van der Waals surface area contributed by atoms with Crippen LogP contribution in [0.1, 0.15) is 36.6 Å². The molecule has 1 fully saturated rings. The first-order chi connectivity index (χ1) is 17.0. The predicted octanol–water partition coefficient (Wildman–Crippen LogP) is 3.03. The van der Waals surface area contributed by atoms with Gasteiger partial charge in [-0.3, -0.25) is 9.78 Å². The number of pyridine rings is 1. The van der Waals surface area contributed by atoms with Gasteiger partial charge in [-0.25, -0.2) is 9.78 Å². The third-order valence-corrected chi connectivity index (χ3v) is 7.18. The Morgan fingerprint density at radius 1 is 1.09 bits per heavy atom. The zero-order valence-electron chi connectivity index (χ0n) is 20.6. The summed E-state index contributed by atoms with van der Waals surface area (Å²) in [5.74, 6) is 1.03. The second kappa shape index (κ2) is 9.56. The fourth-order valence-electron chi connectivity index (χ4n) is 5.30. The molecule has 1 atom stereocenters. The maximum absolute atomic E-state index is 12.3. The summed E-state index contributed by atoms with van der Waals surface area (Å²) in [5, 5.41) is 0. The monoisotopic (exact) mass is 476 g/mol. The van der Waals surface area contributed by atoms with Crippen molar-refractivity contribution < 1.29 is 14.3 Å². The van der Waals surface area contributed by atoms with Gasteiger partial charge in [-0.1, -0.05) is 12.1 Å². The van der Waals surface area contributed by atoms with Crippen LogP contribution in [0.15, 0.2) is 36.7 Å². The predicted molar refractivity (Wildman–Crippen MR) is 133 cm³/mol. The number of imidazole rings is 1. The standard InChI is InChI=1S/C26H32N6O3/c1-18(15-20-5-4-9-27-16-20)32-23-7-6-21-8-10-31(26(34)35-3)17-22(21)24(23)28-25(32)30-13-11-29(12-14-30)19(2)33/h4-7,9,16,18H,8,10-15,17H2,1-3H3/t18-/m0/s1. The van der Waals surface area contributed by atoms with Gasteiger partial charge in [-0.2, -0.15) is 0 Å². The van der Waals surface area contributed by atoms with Gasteiger partial charge in [-0.15, -0.1) is 0 Å². The van der Waals surface area contributed by atoms with Crippen LogP contribution in [0.2, 0.25) is 0 Å². The lowest BCUT2D eigenvalue weighted by Gasteiger charge is -2.35. The number of fused-ring (bicyclic) bond motifs is 3. The van der Waals surface area contributed by atoms with Gasteiger partial charge in [0.05, 0.1) is 24.7 Å². The molecule has 0 radical (unpaired) electrons. The Labute approximate surface area is 205 Å². The summed E-state index contributed by atoms with van der Waals surface area (Å²) in [7, 11) is 1.42. The molecule has 0 aliphatic carbocycles. The molecule has 3 aromatic rings. The fourth-order valence-corrected chi connectivity index (χ4v) is 5.30. The van der Waals surface area contributed by atoms with Crippen molar-refractivity contribution in [2.75, 3.05) is 44.7 Å². The Morgan fingerprint density at radius 2 is 1.89 bits per heavy atom. The number of rotatable bonds is 4. The number of nitrogens with zero attached hydrogens (tertiary/aromatic N) is 6. The maximum atomic E-state index is 12.3. The molecule has 35 heavy (non-hydrogen) atoms. The molecule has 0 bridgehead atoms. The van der Waals surface area contributed by atoms with E-state index in [0.717, 1.165) is 48.5 Å². The van der Waals surface area contributed by atoms with Crippen molar-refractivity contribution in [3.63, 3.8) is 0 Å². The zero-order chi connectivity index (χ0) is 24.5. The summed E-state index contributed by atoms with van der Waals surface area (Å²) < 4.78 is 7.31. The zero-order valence-corrected chi connectivity index (χ0v) is 20.6. The molecule has 0 N–H and O–H groups in total. The van der Waals surface area contributed by atoms with E-state index in [2.05, 4.69) is 39.6 Å². The number of methoxy groups -OCH3 is 1. The normalized spacial score (nSPS) is 16.8. The van der Waals surface area contributed by atoms with Crippen molar-refractivity contribution >= 4 is 29.0 Å². The van der Waals surface area contributed by atoms with Gasteiger partial charge in [0.15, 0.2) is 0 Å². The van der Waals surface area contributed by atoms with Crippen LogP contribution in [0, 0.1) is 0 Å². The highest BCUT2D eigenvalue weighted by atomic mass is 16.5. The Balaban J connectivity index is 1.56. The molecule has 0 unspecified atom stereocenters. The summed E-state index contributed by atoms with van der Waals surface area (Å²) in [5.41, 5.74) is 5.50. The summed E-state index contributed by atoms with van der Waals surface area (Å²) in [6, 6.07) is 8.56. The van der Waals surface area contributed by atoms with Crippen LogP contribution >= 0.6 is 0 Å². The van der Waals surface area contributed by atoms with Crippen molar-refractivity contribution in [2.24, 2.45) is 0 Å². The summed E-state index contributed by atoms with van der Waals surface area (Å²) in [4.78, 5) is 39.5. The Morgan fingerprint density at radius 3 is 2.57 bits per heavy atom. The molecule has 9 heteroatoms. The second-order valence-electron chi connectivity index (χ2n) is 9.40. The summed E-state index contributed by atoms with van der Waals surface area (Å²) in [6.07, 6.45) is 5.00. The van der Waals surface area contributed by atoms with Crippen molar-refractivity contribution in [2.45, 2.75) is 39.3 Å². The maximum Gasteiger partial charge on any atom is 0.409 e. The number of benzene rings is 1. The smallest absolute Gasteiger partial charge is 0.409 e. The van der Waals surface area contributed by atoms with Gasteiger partial charge >= 0.3 is 6.09 Å². The molecule has 2 aromatic heterocycles. The van der Waals surface area contributed by atoms with Crippen LogP contribution in [0.25, 0.3) is 11.0 Å². The quantitative estimate of drug-likeness (QED) is 0.576.